The summed E-state index contributed by atoms with van der Waals surface area (Å²) in [5.41, 5.74) is 0.404. The number of carbonyl (C=O) groups is 1. The van der Waals surface area contributed by atoms with Crippen LogP contribution in [0.4, 0.5) is 0 Å². The molecule has 1 saturated heterocycles. The molecular weight excluding hydrogens is 468 g/mol. The van der Waals surface area contributed by atoms with Gasteiger partial charge in [0.05, 0.1) is 12.2 Å². The Labute approximate surface area is 198 Å². The maximum atomic E-state index is 11.4. The maximum absolute atomic E-state index is 11.4. The Hall–Kier alpha value is -3.71. The molecule has 6 unspecified atom stereocenters. The van der Waals surface area contributed by atoms with Crippen molar-refractivity contribution in [3.8, 4) is 28.7 Å². The van der Waals surface area contributed by atoms with Crippen LogP contribution < -0.4 is 4.74 Å². The highest BCUT2D eigenvalue weighted by Crippen LogP contribution is 2.45. The van der Waals surface area contributed by atoms with E-state index in [1.807, 2.05) is 0 Å². The molecule has 2 heterocycles. The smallest absolute Gasteiger partial charge is 0.303 e. The number of hydrogen-bond acceptors (Lipinski definition) is 12. The first-order valence-corrected chi connectivity index (χ1v) is 10.5. The summed E-state index contributed by atoms with van der Waals surface area (Å²) in [6.45, 7) is 0.426. The molecule has 0 spiro atoms. The van der Waals surface area contributed by atoms with Gasteiger partial charge in [0.1, 0.15) is 41.3 Å². The number of phenolic OH excluding ortho intramolecular Hbond substituents is 4. The van der Waals surface area contributed by atoms with Crippen LogP contribution in [0.15, 0.2) is 36.1 Å². The zero-order valence-electron chi connectivity index (χ0n) is 18.3. The summed E-state index contributed by atoms with van der Waals surface area (Å²) < 4.78 is 22.2. The monoisotopic (exact) mass is 492 g/mol. The fraction of sp³-hybridized carbons (Fsp3) is 0.348. The van der Waals surface area contributed by atoms with Gasteiger partial charge >= 0.3 is 5.97 Å². The van der Waals surface area contributed by atoms with Crippen LogP contribution in [0.2, 0.25) is 0 Å². The van der Waals surface area contributed by atoms with Gasteiger partial charge in [-0.15, -0.1) is 0 Å². The van der Waals surface area contributed by atoms with E-state index in [0.717, 1.165) is 13.0 Å². The second-order valence-corrected chi connectivity index (χ2v) is 8.07. The van der Waals surface area contributed by atoms with E-state index in [9.17, 15) is 40.5 Å². The first-order valence-electron chi connectivity index (χ1n) is 10.5. The third kappa shape index (κ3) is 4.77. The van der Waals surface area contributed by atoms with Crippen LogP contribution in [0.3, 0.4) is 0 Å². The third-order valence-electron chi connectivity index (χ3n) is 5.57. The van der Waals surface area contributed by atoms with Gasteiger partial charge in [0.25, 0.3) is 0 Å². The Balaban J connectivity index is 1.70. The number of aliphatic hydroxyl groups excluding tert-OH is 3. The van der Waals surface area contributed by atoms with E-state index in [-0.39, 0.29) is 39.9 Å². The predicted octanol–water partition coefficient (Wildman–Crippen LogP) is 0.371. The molecule has 4 rings (SSSR count). The van der Waals surface area contributed by atoms with Crippen LogP contribution in [-0.2, 0) is 19.0 Å². The lowest BCUT2D eigenvalue weighted by Crippen LogP contribution is -2.60. The quantitative estimate of drug-likeness (QED) is 0.224. The first-order chi connectivity index (χ1) is 16.6. The SMILES string of the molecule is CC(=O)OC1C(CO)OC(OC2=Cc3c(O)cc(O)cc3OC2c2ccc(O)c(O)c2)C(O)C1O. The van der Waals surface area contributed by atoms with Gasteiger partial charge in [0.2, 0.25) is 6.29 Å². The van der Waals surface area contributed by atoms with Crippen molar-refractivity contribution < 1.29 is 59.5 Å². The van der Waals surface area contributed by atoms with Crippen LogP contribution in [0.5, 0.6) is 28.7 Å². The first kappa shape index (κ1) is 24.4. The van der Waals surface area contributed by atoms with Gasteiger partial charge in [-0.25, -0.2) is 0 Å². The van der Waals surface area contributed by atoms with Gasteiger partial charge in [-0.3, -0.25) is 4.79 Å². The van der Waals surface area contributed by atoms with E-state index in [2.05, 4.69) is 0 Å². The number of hydrogen-bond donors (Lipinski definition) is 7. The number of ether oxygens (including phenoxy) is 4. The van der Waals surface area contributed by atoms with Crippen LogP contribution in [-0.4, -0.2) is 79.0 Å². The summed E-state index contributed by atoms with van der Waals surface area (Å²) in [6.07, 6.45) is -7.35. The molecule has 12 heteroatoms. The van der Waals surface area contributed by atoms with Crippen LogP contribution >= 0.6 is 0 Å². The van der Waals surface area contributed by atoms with Crippen molar-refractivity contribution >= 4 is 12.0 Å². The zero-order valence-corrected chi connectivity index (χ0v) is 18.3. The van der Waals surface area contributed by atoms with Crippen molar-refractivity contribution in [2.24, 2.45) is 0 Å². The van der Waals surface area contributed by atoms with Gasteiger partial charge in [0, 0.05) is 24.6 Å². The van der Waals surface area contributed by atoms with Crippen molar-refractivity contribution in [3.63, 3.8) is 0 Å². The largest absolute Gasteiger partial charge is 0.508 e. The third-order valence-corrected chi connectivity index (χ3v) is 5.57. The molecule has 2 aromatic rings. The summed E-state index contributed by atoms with van der Waals surface area (Å²) in [5, 5.41) is 70.5. The second kappa shape index (κ2) is 9.50. The molecule has 188 valence electrons. The van der Waals surface area contributed by atoms with E-state index >= 15 is 0 Å². The Morgan fingerprint density at radius 2 is 1.74 bits per heavy atom. The highest BCUT2D eigenvalue weighted by molar-refractivity contribution is 5.70. The average molecular weight is 492 g/mol. The summed E-state index contributed by atoms with van der Waals surface area (Å²) in [6, 6.07) is 6.15. The van der Waals surface area contributed by atoms with Gasteiger partial charge in [-0.2, -0.15) is 0 Å². The fourth-order valence-electron chi connectivity index (χ4n) is 3.90. The molecule has 1 fully saturated rings. The van der Waals surface area contributed by atoms with Crippen LogP contribution in [0.1, 0.15) is 24.2 Å². The molecule has 35 heavy (non-hydrogen) atoms. The number of carbonyl (C=O) groups excluding carboxylic acids is 1. The number of aromatic hydroxyl groups is 4. The summed E-state index contributed by atoms with van der Waals surface area (Å²) in [4.78, 5) is 11.4. The maximum Gasteiger partial charge on any atom is 0.303 e. The highest BCUT2D eigenvalue weighted by atomic mass is 16.7. The van der Waals surface area contributed by atoms with Gasteiger partial charge in [-0.1, -0.05) is 6.07 Å². The lowest BCUT2D eigenvalue weighted by Gasteiger charge is -2.42. The zero-order chi connectivity index (χ0) is 25.4. The Morgan fingerprint density at radius 1 is 1.00 bits per heavy atom. The van der Waals surface area contributed by atoms with Gasteiger partial charge in [-0.05, 0) is 18.2 Å². The lowest BCUT2D eigenvalue weighted by molar-refractivity contribution is -0.296. The second-order valence-electron chi connectivity index (χ2n) is 8.07. The minimum atomic E-state index is -1.73. The van der Waals surface area contributed by atoms with E-state index in [4.69, 9.17) is 18.9 Å². The fourth-order valence-corrected chi connectivity index (χ4v) is 3.90. The summed E-state index contributed by atoms with van der Waals surface area (Å²) in [7, 11) is 0. The van der Waals surface area contributed by atoms with Gasteiger partial charge in [0.15, 0.2) is 23.7 Å². The Kier molecular flexibility index (Phi) is 6.63. The molecule has 0 amide bonds. The predicted molar refractivity (Wildman–Crippen MR) is 115 cm³/mol. The molecule has 12 nitrogen and oxygen atoms in total. The van der Waals surface area contributed by atoms with Crippen LogP contribution in [0, 0.1) is 0 Å². The number of phenols is 4. The molecule has 0 radical (unpaired) electrons. The van der Waals surface area contributed by atoms with Crippen molar-refractivity contribution in [2.45, 2.75) is 43.7 Å². The van der Waals surface area contributed by atoms with E-state index in [1.165, 1.54) is 30.3 Å². The summed E-state index contributed by atoms with van der Waals surface area (Å²) in [5.74, 6) is -2.20. The Bertz CT molecular complexity index is 1140. The molecule has 0 aliphatic carbocycles. The van der Waals surface area contributed by atoms with E-state index < -0.39 is 55.1 Å². The van der Waals surface area contributed by atoms with Crippen molar-refractivity contribution in [1.82, 2.24) is 0 Å². The van der Waals surface area contributed by atoms with Crippen LogP contribution in [0.25, 0.3) is 6.08 Å². The average Bonchev–Trinajstić information content (AvgIpc) is 2.80. The standard InChI is InChI=1S/C23H24O12/c1-9(25)32-22-18(8-24)35-23(20(31)19(22)30)34-17-7-12-14(28)5-11(26)6-16(12)33-21(17)10-2-3-13(27)15(29)4-10/h2-7,18-24,26-31H,8H2,1H3. The Morgan fingerprint density at radius 3 is 2.40 bits per heavy atom. The number of rotatable bonds is 5. The number of esters is 1. The molecule has 6 atom stereocenters. The number of fused-ring (bicyclic) bond motifs is 1. The molecule has 2 aliphatic rings. The van der Waals surface area contributed by atoms with Gasteiger partial charge < -0.3 is 54.7 Å². The van der Waals surface area contributed by atoms with Crippen molar-refractivity contribution in [1.29, 1.82) is 0 Å². The molecule has 2 aliphatic heterocycles. The van der Waals surface area contributed by atoms with Crippen molar-refractivity contribution in [2.75, 3.05) is 6.61 Å². The topological polar surface area (TPSA) is 196 Å². The molecule has 0 aromatic heterocycles. The molecule has 7 N–H and O–H groups in total. The minimum absolute atomic E-state index is 0.0533. The molecule has 0 bridgehead atoms. The molecular formula is C23H24O12. The number of benzene rings is 2. The number of aliphatic hydroxyl groups is 3. The molecule has 2 aromatic carbocycles. The van der Waals surface area contributed by atoms with E-state index in [0.29, 0.717) is 0 Å². The van der Waals surface area contributed by atoms with Crippen molar-refractivity contribution in [3.05, 3.63) is 47.2 Å². The lowest BCUT2D eigenvalue weighted by atomic mass is 9.98. The van der Waals surface area contributed by atoms with E-state index in [1.54, 1.807) is 0 Å². The normalized spacial score (nSPS) is 27.8. The highest BCUT2D eigenvalue weighted by Gasteiger charge is 2.48. The molecule has 0 saturated carbocycles. The minimum Gasteiger partial charge on any atom is -0.508 e. The summed E-state index contributed by atoms with van der Waals surface area (Å²) >= 11 is 0.